The van der Waals surface area contributed by atoms with E-state index in [1.54, 1.807) is 0 Å². The molecule has 4 aromatic rings. The van der Waals surface area contributed by atoms with E-state index in [4.69, 9.17) is 0 Å². The standard InChI is InChI=1S/C26H20N4O/c31-24-9-14-1-8-21(24)26-23-13-20-7-5-18(29-20)11-16-3-2-15(27-16)10-17-4-6-19(28-17)12-22(30-23)25(14)26/h2-8,10-14,27-30H,1,9H2. The monoisotopic (exact) mass is 404 g/mol. The van der Waals surface area contributed by atoms with Crippen molar-refractivity contribution in [2.45, 2.75) is 18.8 Å². The second-order valence-corrected chi connectivity index (χ2v) is 8.60. The molecule has 1 atom stereocenters. The van der Waals surface area contributed by atoms with Gasteiger partial charge in [0.05, 0.1) is 0 Å². The molecule has 5 nitrogen and oxygen atoms in total. The molecule has 5 heteroatoms. The third-order valence-corrected chi connectivity index (χ3v) is 6.53. The van der Waals surface area contributed by atoms with E-state index in [0.717, 1.165) is 61.7 Å². The number of aromatic nitrogens is 4. The van der Waals surface area contributed by atoms with Gasteiger partial charge in [0.1, 0.15) is 0 Å². The molecule has 0 radical (unpaired) electrons. The van der Waals surface area contributed by atoms with Crippen LogP contribution in [-0.4, -0.2) is 25.7 Å². The Morgan fingerprint density at radius 2 is 1.29 bits per heavy atom. The summed E-state index contributed by atoms with van der Waals surface area (Å²) in [4.78, 5) is 26.7. The van der Waals surface area contributed by atoms with Gasteiger partial charge in [-0.15, -0.1) is 0 Å². The number of hydrogen-bond donors (Lipinski definition) is 4. The molecule has 4 N–H and O–H groups in total. The molecule has 1 aliphatic heterocycles. The fourth-order valence-electron chi connectivity index (χ4n) is 5.18. The summed E-state index contributed by atoms with van der Waals surface area (Å²) in [6.07, 6.45) is 12.1. The van der Waals surface area contributed by atoms with Crippen molar-refractivity contribution in [3.05, 3.63) is 97.8 Å². The number of Topliss-reactive ketones (excluding diaryl/α,β-unsaturated/α-hetero) is 1. The summed E-state index contributed by atoms with van der Waals surface area (Å²) in [6, 6.07) is 12.5. The highest BCUT2D eigenvalue weighted by molar-refractivity contribution is 6.23. The van der Waals surface area contributed by atoms with Crippen LogP contribution in [0.2, 0.25) is 0 Å². The number of carbonyl (C=O) groups excluding carboxylic acids is 1. The van der Waals surface area contributed by atoms with Gasteiger partial charge in [-0.25, -0.2) is 0 Å². The number of rotatable bonds is 0. The number of H-pyrrole nitrogens is 4. The van der Waals surface area contributed by atoms with Crippen LogP contribution in [0.3, 0.4) is 0 Å². The van der Waals surface area contributed by atoms with Crippen LogP contribution < -0.4 is 21.4 Å². The molecular weight excluding hydrogens is 384 g/mol. The molecular formula is C26H20N4O. The Morgan fingerprint density at radius 1 is 0.677 bits per heavy atom. The second kappa shape index (κ2) is 6.01. The maximum Gasteiger partial charge on any atom is 0.163 e. The SMILES string of the molecule is O=C1CC2CC=C1c1c2c2[nH]c1=Cc1ccc([nH]1)C=c1ccc([nH]1)=Cc1ccc([nH]1)C=2. The molecule has 0 saturated carbocycles. The van der Waals surface area contributed by atoms with E-state index in [1.165, 1.54) is 5.56 Å². The Kier molecular flexibility index (Phi) is 3.25. The summed E-state index contributed by atoms with van der Waals surface area (Å²) in [7, 11) is 0. The number of nitrogens with one attached hydrogen (secondary N) is 4. The molecule has 0 amide bonds. The number of ketones is 1. The van der Waals surface area contributed by atoms with Crippen molar-refractivity contribution in [3.63, 3.8) is 0 Å². The number of carbonyl (C=O) groups is 1. The summed E-state index contributed by atoms with van der Waals surface area (Å²) in [5.74, 6) is 0.506. The van der Waals surface area contributed by atoms with Crippen LogP contribution in [0.25, 0.3) is 29.9 Å². The number of fused-ring (bicyclic) bond motifs is 10. The average Bonchev–Trinajstić information content (AvgIpc) is 3.53. The molecule has 0 spiro atoms. The summed E-state index contributed by atoms with van der Waals surface area (Å²) in [6.45, 7) is 0. The van der Waals surface area contributed by atoms with Gasteiger partial charge in [-0.05, 0) is 78.6 Å². The van der Waals surface area contributed by atoms with Crippen LogP contribution in [0.15, 0.2) is 42.5 Å². The van der Waals surface area contributed by atoms with Gasteiger partial charge in [0.15, 0.2) is 5.78 Å². The largest absolute Gasteiger partial charge is 0.355 e. The first-order valence-corrected chi connectivity index (χ1v) is 10.7. The lowest BCUT2D eigenvalue weighted by Crippen LogP contribution is -2.27. The fourth-order valence-corrected chi connectivity index (χ4v) is 5.18. The normalized spacial score (nSPS) is 18.4. The lowest BCUT2D eigenvalue weighted by atomic mass is 9.73. The van der Waals surface area contributed by atoms with Gasteiger partial charge in [0.25, 0.3) is 0 Å². The van der Waals surface area contributed by atoms with E-state index < -0.39 is 0 Å². The minimum Gasteiger partial charge on any atom is -0.355 e. The lowest BCUT2D eigenvalue weighted by molar-refractivity contribution is -0.114. The van der Waals surface area contributed by atoms with Crippen LogP contribution in [0.5, 0.6) is 0 Å². The Balaban J connectivity index is 1.57. The van der Waals surface area contributed by atoms with E-state index in [-0.39, 0.29) is 11.7 Å². The van der Waals surface area contributed by atoms with E-state index in [0.29, 0.717) is 6.42 Å². The number of hydrogen-bond acceptors (Lipinski definition) is 1. The molecule has 1 unspecified atom stereocenters. The molecule has 0 saturated heterocycles. The molecule has 0 fully saturated rings. The first-order valence-electron chi connectivity index (χ1n) is 10.7. The fraction of sp³-hybridized carbons (Fsp3) is 0.115. The van der Waals surface area contributed by atoms with Crippen molar-refractivity contribution in [1.82, 2.24) is 19.9 Å². The summed E-state index contributed by atoms with van der Waals surface area (Å²) >= 11 is 0. The molecule has 0 aromatic carbocycles. The highest BCUT2D eigenvalue weighted by Crippen LogP contribution is 2.40. The summed E-state index contributed by atoms with van der Waals surface area (Å²) < 4.78 is 0. The van der Waals surface area contributed by atoms with E-state index in [9.17, 15) is 4.79 Å². The van der Waals surface area contributed by atoms with Crippen molar-refractivity contribution in [2.24, 2.45) is 0 Å². The van der Waals surface area contributed by atoms with Crippen LogP contribution >= 0.6 is 0 Å². The minimum atomic E-state index is 0.247. The lowest BCUT2D eigenvalue weighted by Gasteiger charge is -2.28. The van der Waals surface area contributed by atoms with Gasteiger partial charge in [0, 0.05) is 61.7 Å². The third kappa shape index (κ3) is 2.60. The van der Waals surface area contributed by atoms with Crippen molar-refractivity contribution >= 4 is 35.7 Å². The van der Waals surface area contributed by atoms with Gasteiger partial charge >= 0.3 is 0 Å². The molecule has 3 aliphatic carbocycles. The van der Waals surface area contributed by atoms with Gasteiger partial charge in [-0.1, -0.05) is 6.08 Å². The molecule has 10 bridgehead atoms. The van der Waals surface area contributed by atoms with Crippen LogP contribution in [-0.2, 0) is 4.79 Å². The van der Waals surface area contributed by atoms with E-state index in [2.05, 4.69) is 86.7 Å². The summed E-state index contributed by atoms with van der Waals surface area (Å²) in [5, 5.41) is 4.17. The highest BCUT2D eigenvalue weighted by Gasteiger charge is 2.35. The third-order valence-electron chi connectivity index (χ3n) is 6.53. The van der Waals surface area contributed by atoms with E-state index >= 15 is 0 Å². The van der Waals surface area contributed by atoms with Crippen LogP contribution in [0, 0.1) is 0 Å². The van der Waals surface area contributed by atoms with E-state index in [1.807, 2.05) is 0 Å². The second-order valence-electron chi connectivity index (χ2n) is 8.60. The van der Waals surface area contributed by atoms with Gasteiger partial charge < -0.3 is 19.9 Å². The maximum atomic E-state index is 12.7. The first-order chi connectivity index (χ1) is 15.2. The average molecular weight is 404 g/mol. The number of allylic oxidation sites excluding steroid dienone is 2. The quantitative estimate of drug-likeness (QED) is 0.310. The molecule has 31 heavy (non-hydrogen) atoms. The molecule has 150 valence electrons. The Morgan fingerprint density at radius 3 is 1.94 bits per heavy atom. The predicted molar refractivity (Wildman–Crippen MR) is 121 cm³/mol. The first kappa shape index (κ1) is 16.8. The highest BCUT2D eigenvalue weighted by atomic mass is 16.1. The van der Waals surface area contributed by atoms with Crippen LogP contribution in [0.1, 0.15) is 52.7 Å². The van der Waals surface area contributed by atoms with Gasteiger partial charge in [0.2, 0.25) is 0 Å². The Bertz CT molecular complexity index is 1660. The summed E-state index contributed by atoms with van der Waals surface area (Å²) in [5.41, 5.74) is 7.34. The topological polar surface area (TPSA) is 80.2 Å². The maximum absolute atomic E-state index is 12.7. The molecule has 8 rings (SSSR count). The van der Waals surface area contributed by atoms with Gasteiger partial charge in [-0.2, -0.15) is 0 Å². The zero-order valence-electron chi connectivity index (χ0n) is 16.8. The molecule has 5 heterocycles. The Hall–Kier alpha value is -3.99. The smallest absolute Gasteiger partial charge is 0.163 e. The zero-order chi connectivity index (χ0) is 20.5. The Labute approximate surface area is 177 Å². The van der Waals surface area contributed by atoms with Crippen molar-refractivity contribution < 1.29 is 4.79 Å². The van der Waals surface area contributed by atoms with Gasteiger partial charge in [-0.3, -0.25) is 4.79 Å². The zero-order valence-corrected chi connectivity index (χ0v) is 16.8. The van der Waals surface area contributed by atoms with Crippen molar-refractivity contribution in [1.29, 1.82) is 0 Å². The molecule has 4 aliphatic rings. The van der Waals surface area contributed by atoms with Crippen LogP contribution in [0.4, 0.5) is 0 Å². The van der Waals surface area contributed by atoms with Crippen molar-refractivity contribution in [3.8, 4) is 0 Å². The van der Waals surface area contributed by atoms with Crippen molar-refractivity contribution in [2.75, 3.05) is 0 Å². The number of aromatic amines is 4. The minimum absolute atomic E-state index is 0.247. The predicted octanol–water partition coefficient (Wildman–Crippen LogP) is 1.47. The molecule has 4 aromatic heterocycles.